The molecule has 1 heteroatoms. The molecule has 0 bridgehead atoms. The summed E-state index contributed by atoms with van der Waals surface area (Å²) >= 11 is 4.74. The standard InChI is InChI=1S/C16H16S/c1-10-6-5-9-14-15(10)11(2)12-7-3-4-8-13(12)16(14)17/h3-5,7-10,17H,6H2,1-2H3. The summed E-state index contributed by atoms with van der Waals surface area (Å²) in [6, 6.07) is 8.57. The fraction of sp³-hybridized carbons (Fsp3) is 0.250. The number of fused-ring (bicyclic) bond motifs is 2. The third-order valence-electron chi connectivity index (χ3n) is 3.80. The molecule has 0 radical (unpaired) electrons. The molecule has 1 aliphatic rings. The normalized spacial score (nSPS) is 18.4. The van der Waals surface area contributed by atoms with Crippen LogP contribution in [0, 0.1) is 6.92 Å². The van der Waals surface area contributed by atoms with Crippen LogP contribution in [0.15, 0.2) is 35.2 Å². The number of hydrogen-bond donors (Lipinski definition) is 1. The van der Waals surface area contributed by atoms with Crippen molar-refractivity contribution in [1.82, 2.24) is 0 Å². The average Bonchev–Trinajstić information content (AvgIpc) is 2.36. The van der Waals surface area contributed by atoms with Crippen molar-refractivity contribution in [3.05, 3.63) is 47.0 Å². The maximum absolute atomic E-state index is 4.74. The van der Waals surface area contributed by atoms with Crippen molar-refractivity contribution in [2.45, 2.75) is 31.1 Å². The summed E-state index contributed by atoms with van der Waals surface area (Å²) in [5, 5.41) is 2.62. The predicted molar refractivity (Wildman–Crippen MR) is 78.0 cm³/mol. The summed E-state index contributed by atoms with van der Waals surface area (Å²) in [6.45, 7) is 4.54. The Kier molecular flexibility index (Phi) is 2.52. The lowest BCUT2D eigenvalue weighted by molar-refractivity contribution is 0.763. The van der Waals surface area contributed by atoms with Gasteiger partial charge in [-0.05, 0) is 46.7 Å². The Balaban J connectivity index is 2.50. The lowest BCUT2D eigenvalue weighted by Crippen LogP contribution is -2.04. The molecule has 1 unspecified atom stereocenters. The zero-order valence-corrected chi connectivity index (χ0v) is 11.1. The number of thiol groups is 1. The van der Waals surface area contributed by atoms with E-state index < -0.39 is 0 Å². The van der Waals surface area contributed by atoms with Gasteiger partial charge in [0, 0.05) is 4.90 Å². The monoisotopic (exact) mass is 240 g/mol. The summed E-state index contributed by atoms with van der Waals surface area (Å²) in [5.41, 5.74) is 4.23. The summed E-state index contributed by atoms with van der Waals surface area (Å²) in [5.74, 6) is 0.602. The summed E-state index contributed by atoms with van der Waals surface area (Å²) < 4.78 is 0. The topological polar surface area (TPSA) is 0 Å². The molecule has 0 saturated carbocycles. The molecule has 0 saturated heterocycles. The van der Waals surface area contributed by atoms with Crippen LogP contribution >= 0.6 is 12.6 Å². The molecule has 0 nitrogen and oxygen atoms in total. The van der Waals surface area contributed by atoms with E-state index in [-0.39, 0.29) is 0 Å². The van der Waals surface area contributed by atoms with Gasteiger partial charge in [-0.2, -0.15) is 0 Å². The second kappa shape index (κ2) is 3.92. The third-order valence-corrected chi connectivity index (χ3v) is 4.28. The van der Waals surface area contributed by atoms with Crippen LogP contribution in [0.4, 0.5) is 0 Å². The first-order valence-electron chi connectivity index (χ1n) is 6.11. The van der Waals surface area contributed by atoms with Crippen LogP contribution < -0.4 is 0 Å². The molecule has 0 fully saturated rings. The minimum Gasteiger partial charge on any atom is -0.142 e. The van der Waals surface area contributed by atoms with Gasteiger partial charge in [0.05, 0.1) is 0 Å². The summed E-state index contributed by atoms with van der Waals surface area (Å²) in [6.07, 6.45) is 5.64. The minimum atomic E-state index is 0.602. The van der Waals surface area contributed by atoms with E-state index in [0.717, 1.165) is 11.3 Å². The van der Waals surface area contributed by atoms with E-state index in [1.54, 1.807) is 0 Å². The van der Waals surface area contributed by atoms with E-state index in [2.05, 4.69) is 50.3 Å². The Morgan fingerprint density at radius 1 is 1.18 bits per heavy atom. The molecule has 1 aliphatic carbocycles. The van der Waals surface area contributed by atoms with E-state index >= 15 is 0 Å². The Morgan fingerprint density at radius 3 is 2.65 bits per heavy atom. The van der Waals surface area contributed by atoms with Crippen LogP contribution in [0.2, 0.25) is 0 Å². The molecule has 0 spiro atoms. The van der Waals surface area contributed by atoms with Gasteiger partial charge in [0.1, 0.15) is 0 Å². The van der Waals surface area contributed by atoms with Crippen molar-refractivity contribution < 1.29 is 0 Å². The first-order valence-corrected chi connectivity index (χ1v) is 6.55. The number of allylic oxidation sites excluding steroid dienone is 1. The zero-order chi connectivity index (χ0) is 12.0. The minimum absolute atomic E-state index is 0.602. The van der Waals surface area contributed by atoms with E-state index in [4.69, 9.17) is 12.6 Å². The second-order valence-electron chi connectivity index (χ2n) is 4.89. The molecule has 3 rings (SSSR count). The molecule has 17 heavy (non-hydrogen) atoms. The molecule has 86 valence electrons. The molecule has 0 heterocycles. The van der Waals surface area contributed by atoms with Gasteiger partial charge in [-0.25, -0.2) is 0 Å². The molecule has 0 aromatic heterocycles. The van der Waals surface area contributed by atoms with Crippen LogP contribution in [0.5, 0.6) is 0 Å². The van der Waals surface area contributed by atoms with Crippen molar-refractivity contribution in [2.75, 3.05) is 0 Å². The fourth-order valence-corrected chi connectivity index (χ4v) is 3.34. The molecule has 2 aromatic rings. The van der Waals surface area contributed by atoms with Crippen LogP contribution in [-0.2, 0) is 0 Å². The summed E-state index contributed by atoms with van der Waals surface area (Å²) in [4.78, 5) is 1.13. The molecule has 0 N–H and O–H groups in total. The highest BCUT2D eigenvalue weighted by Crippen LogP contribution is 2.40. The van der Waals surface area contributed by atoms with Gasteiger partial charge in [-0.3, -0.25) is 0 Å². The predicted octanol–water partition coefficient (Wildman–Crippen LogP) is 4.96. The van der Waals surface area contributed by atoms with Gasteiger partial charge in [-0.1, -0.05) is 43.3 Å². The lowest BCUT2D eigenvalue weighted by Gasteiger charge is -2.24. The van der Waals surface area contributed by atoms with Crippen molar-refractivity contribution in [3.63, 3.8) is 0 Å². The van der Waals surface area contributed by atoms with Crippen molar-refractivity contribution in [2.24, 2.45) is 0 Å². The Morgan fingerprint density at radius 2 is 1.88 bits per heavy atom. The number of rotatable bonds is 0. The Labute approximate surface area is 108 Å². The summed E-state index contributed by atoms with van der Waals surface area (Å²) in [7, 11) is 0. The molecule has 0 amide bonds. The van der Waals surface area contributed by atoms with Gasteiger partial charge in [-0.15, -0.1) is 12.6 Å². The first kappa shape index (κ1) is 10.9. The zero-order valence-electron chi connectivity index (χ0n) is 10.2. The highest BCUT2D eigenvalue weighted by atomic mass is 32.1. The van der Waals surface area contributed by atoms with E-state index in [9.17, 15) is 0 Å². The third kappa shape index (κ3) is 1.53. The van der Waals surface area contributed by atoms with E-state index in [1.165, 1.54) is 27.5 Å². The average molecular weight is 240 g/mol. The van der Waals surface area contributed by atoms with Crippen molar-refractivity contribution in [3.8, 4) is 0 Å². The SMILES string of the molecule is Cc1c2c(c(S)c3ccccc13)C=CCC2C. The maximum atomic E-state index is 4.74. The highest BCUT2D eigenvalue weighted by molar-refractivity contribution is 7.80. The number of benzene rings is 2. The molecule has 1 atom stereocenters. The molecule has 0 aliphatic heterocycles. The van der Waals surface area contributed by atoms with Crippen LogP contribution in [0.25, 0.3) is 16.8 Å². The first-order chi connectivity index (χ1) is 8.20. The van der Waals surface area contributed by atoms with Crippen molar-refractivity contribution >= 4 is 29.5 Å². The van der Waals surface area contributed by atoms with Crippen molar-refractivity contribution in [1.29, 1.82) is 0 Å². The number of aryl methyl sites for hydroxylation is 1. The molecule has 2 aromatic carbocycles. The molecular formula is C16H16S. The highest BCUT2D eigenvalue weighted by Gasteiger charge is 2.19. The maximum Gasteiger partial charge on any atom is 0.0194 e. The Bertz CT molecular complexity index is 623. The lowest BCUT2D eigenvalue weighted by atomic mass is 9.83. The van der Waals surface area contributed by atoms with Gasteiger partial charge < -0.3 is 0 Å². The van der Waals surface area contributed by atoms with Crippen LogP contribution in [0.3, 0.4) is 0 Å². The number of hydrogen-bond acceptors (Lipinski definition) is 1. The van der Waals surface area contributed by atoms with Gasteiger partial charge >= 0.3 is 0 Å². The quantitative estimate of drug-likeness (QED) is 0.618. The van der Waals surface area contributed by atoms with Gasteiger partial charge in [0.15, 0.2) is 0 Å². The van der Waals surface area contributed by atoms with Crippen LogP contribution in [-0.4, -0.2) is 0 Å². The smallest absolute Gasteiger partial charge is 0.0194 e. The van der Waals surface area contributed by atoms with E-state index in [1.807, 2.05) is 0 Å². The molecular weight excluding hydrogens is 224 g/mol. The fourth-order valence-electron chi connectivity index (χ4n) is 2.95. The largest absolute Gasteiger partial charge is 0.142 e. The van der Waals surface area contributed by atoms with Gasteiger partial charge in [0.2, 0.25) is 0 Å². The van der Waals surface area contributed by atoms with E-state index in [0.29, 0.717) is 5.92 Å². The van der Waals surface area contributed by atoms with Gasteiger partial charge in [0.25, 0.3) is 0 Å². The van der Waals surface area contributed by atoms with Crippen LogP contribution in [0.1, 0.15) is 36.0 Å². The second-order valence-corrected chi connectivity index (χ2v) is 5.33. The Hall–Kier alpha value is -1.21.